The summed E-state index contributed by atoms with van der Waals surface area (Å²) in [7, 11) is 1.60. The maximum absolute atomic E-state index is 12.5. The lowest BCUT2D eigenvalue weighted by Crippen LogP contribution is -2.41. The van der Waals surface area contributed by atoms with Crippen LogP contribution in [0.5, 0.6) is 11.5 Å². The molecular formula is C20H23N3O5. The summed E-state index contributed by atoms with van der Waals surface area (Å²) in [6.45, 7) is 2.71. The van der Waals surface area contributed by atoms with Crippen molar-refractivity contribution < 1.29 is 23.8 Å². The van der Waals surface area contributed by atoms with Crippen LogP contribution in [0.2, 0.25) is 0 Å². The van der Waals surface area contributed by atoms with Gasteiger partial charge in [-0.1, -0.05) is 6.07 Å². The highest BCUT2D eigenvalue weighted by atomic mass is 16.5. The summed E-state index contributed by atoms with van der Waals surface area (Å²) >= 11 is 0. The van der Waals surface area contributed by atoms with Gasteiger partial charge in [-0.25, -0.2) is 4.98 Å². The van der Waals surface area contributed by atoms with Crippen molar-refractivity contribution in [1.82, 2.24) is 15.2 Å². The van der Waals surface area contributed by atoms with E-state index in [1.54, 1.807) is 54.5 Å². The number of morpholine rings is 1. The van der Waals surface area contributed by atoms with Gasteiger partial charge in [0.25, 0.3) is 11.8 Å². The number of carbonyl (C=O) groups excluding carboxylic acids is 2. The molecule has 0 bridgehead atoms. The summed E-state index contributed by atoms with van der Waals surface area (Å²) in [5.41, 5.74) is 0.451. The molecule has 148 valence electrons. The first kappa shape index (κ1) is 19.6. The number of benzene rings is 1. The molecule has 0 saturated carbocycles. The van der Waals surface area contributed by atoms with E-state index in [9.17, 15) is 9.59 Å². The Morgan fingerprint density at radius 2 is 1.75 bits per heavy atom. The molecule has 2 amide bonds. The second kappa shape index (κ2) is 9.70. The molecule has 0 unspecified atom stereocenters. The van der Waals surface area contributed by atoms with Crippen molar-refractivity contribution in [1.29, 1.82) is 0 Å². The van der Waals surface area contributed by atoms with Crippen LogP contribution in [-0.2, 0) is 4.74 Å². The van der Waals surface area contributed by atoms with Gasteiger partial charge in [-0.3, -0.25) is 9.59 Å². The molecule has 1 aliphatic heterocycles. The molecule has 0 radical (unpaired) electrons. The minimum atomic E-state index is -0.352. The summed E-state index contributed by atoms with van der Waals surface area (Å²) in [6, 6.07) is 12.0. The zero-order valence-electron chi connectivity index (χ0n) is 15.7. The number of hydrogen-bond donors (Lipinski definition) is 1. The highest BCUT2D eigenvalue weighted by molar-refractivity contribution is 5.96. The molecule has 1 N–H and O–H groups in total. The number of hydrogen-bond acceptors (Lipinski definition) is 6. The van der Waals surface area contributed by atoms with Gasteiger partial charge < -0.3 is 24.4 Å². The van der Waals surface area contributed by atoms with Crippen molar-refractivity contribution in [3.05, 3.63) is 53.9 Å². The first-order valence-electron chi connectivity index (χ1n) is 9.06. The number of rotatable bonds is 7. The molecule has 8 nitrogen and oxygen atoms in total. The predicted molar refractivity (Wildman–Crippen MR) is 102 cm³/mol. The van der Waals surface area contributed by atoms with Crippen LogP contribution in [0, 0.1) is 0 Å². The number of ether oxygens (including phenoxy) is 3. The summed E-state index contributed by atoms with van der Waals surface area (Å²) in [5, 5.41) is 2.74. The molecule has 3 rings (SSSR count). The smallest absolute Gasteiger partial charge is 0.272 e. The molecule has 1 fully saturated rings. The molecule has 8 heteroatoms. The quantitative estimate of drug-likeness (QED) is 0.724. The number of nitrogens with one attached hydrogen (secondary N) is 1. The molecule has 0 spiro atoms. The van der Waals surface area contributed by atoms with Gasteiger partial charge in [0.2, 0.25) is 0 Å². The first-order valence-corrected chi connectivity index (χ1v) is 9.06. The number of nitrogens with zero attached hydrogens (tertiary/aromatic N) is 2. The highest BCUT2D eigenvalue weighted by Gasteiger charge is 2.20. The maximum atomic E-state index is 12.5. The molecule has 1 aliphatic rings. The van der Waals surface area contributed by atoms with E-state index in [2.05, 4.69) is 10.3 Å². The lowest BCUT2D eigenvalue weighted by atomic mass is 10.2. The molecule has 0 atom stereocenters. The fourth-order valence-electron chi connectivity index (χ4n) is 2.70. The first-order chi connectivity index (χ1) is 13.7. The molecule has 0 aliphatic carbocycles. The number of methoxy groups -OCH3 is 1. The van der Waals surface area contributed by atoms with Crippen molar-refractivity contribution in [3.8, 4) is 11.5 Å². The predicted octanol–water partition coefficient (Wildman–Crippen LogP) is 1.37. The minimum absolute atomic E-state index is 0.194. The van der Waals surface area contributed by atoms with E-state index in [1.165, 1.54) is 0 Å². The third-order valence-corrected chi connectivity index (χ3v) is 4.21. The largest absolute Gasteiger partial charge is 0.497 e. The van der Waals surface area contributed by atoms with Gasteiger partial charge in [0.15, 0.2) is 0 Å². The number of amides is 2. The van der Waals surface area contributed by atoms with Crippen molar-refractivity contribution in [3.63, 3.8) is 0 Å². The molecule has 1 aromatic heterocycles. The van der Waals surface area contributed by atoms with E-state index in [1.807, 2.05) is 0 Å². The SMILES string of the molecule is COc1ccc(OCCNC(=O)c2cccc(C(=O)N3CCOCC3)n2)cc1. The van der Waals surface area contributed by atoms with E-state index in [4.69, 9.17) is 14.2 Å². The van der Waals surface area contributed by atoms with Gasteiger partial charge in [-0.05, 0) is 36.4 Å². The van der Waals surface area contributed by atoms with Gasteiger partial charge in [-0.2, -0.15) is 0 Å². The van der Waals surface area contributed by atoms with Crippen molar-refractivity contribution >= 4 is 11.8 Å². The van der Waals surface area contributed by atoms with Crippen LogP contribution < -0.4 is 14.8 Å². The van der Waals surface area contributed by atoms with Crippen molar-refractivity contribution in [2.24, 2.45) is 0 Å². The van der Waals surface area contributed by atoms with Gasteiger partial charge in [0.05, 0.1) is 26.9 Å². The zero-order valence-corrected chi connectivity index (χ0v) is 15.7. The maximum Gasteiger partial charge on any atom is 0.272 e. The molecule has 28 heavy (non-hydrogen) atoms. The summed E-state index contributed by atoms with van der Waals surface area (Å²) in [6.07, 6.45) is 0. The molecule has 2 heterocycles. The van der Waals surface area contributed by atoms with Gasteiger partial charge >= 0.3 is 0 Å². The lowest BCUT2D eigenvalue weighted by Gasteiger charge is -2.26. The Morgan fingerprint density at radius 1 is 1.07 bits per heavy atom. The van der Waals surface area contributed by atoms with E-state index < -0.39 is 0 Å². The van der Waals surface area contributed by atoms with Crippen LogP contribution in [0.1, 0.15) is 21.0 Å². The van der Waals surface area contributed by atoms with Crippen molar-refractivity contribution in [2.75, 3.05) is 46.6 Å². The zero-order chi connectivity index (χ0) is 19.8. The number of carbonyl (C=O) groups is 2. The topological polar surface area (TPSA) is 90.0 Å². The van der Waals surface area contributed by atoms with Crippen LogP contribution in [0.25, 0.3) is 0 Å². The van der Waals surface area contributed by atoms with E-state index in [0.29, 0.717) is 45.2 Å². The van der Waals surface area contributed by atoms with Crippen LogP contribution in [0.15, 0.2) is 42.5 Å². The van der Waals surface area contributed by atoms with Gasteiger partial charge in [0.1, 0.15) is 29.5 Å². The summed E-state index contributed by atoms with van der Waals surface area (Å²) in [4.78, 5) is 30.7. The Morgan fingerprint density at radius 3 is 2.46 bits per heavy atom. The second-order valence-electron chi connectivity index (χ2n) is 6.09. The van der Waals surface area contributed by atoms with E-state index in [0.717, 1.165) is 5.75 Å². The minimum Gasteiger partial charge on any atom is -0.497 e. The second-order valence-corrected chi connectivity index (χ2v) is 6.09. The molecule has 2 aromatic rings. The van der Waals surface area contributed by atoms with Crippen LogP contribution in [-0.4, -0.2) is 68.3 Å². The molecule has 1 aromatic carbocycles. The Hall–Kier alpha value is -3.13. The monoisotopic (exact) mass is 385 g/mol. The van der Waals surface area contributed by atoms with E-state index >= 15 is 0 Å². The number of pyridine rings is 1. The standard InChI is InChI=1S/C20H23N3O5/c1-26-15-5-7-16(8-6-15)28-12-9-21-19(24)17-3-2-4-18(22-17)20(25)23-10-13-27-14-11-23/h2-8H,9-14H2,1H3,(H,21,24). The Labute approximate surface area is 163 Å². The van der Waals surface area contributed by atoms with Crippen LogP contribution in [0.3, 0.4) is 0 Å². The Balaban J connectivity index is 1.49. The van der Waals surface area contributed by atoms with Gasteiger partial charge in [-0.15, -0.1) is 0 Å². The Bertz CT molecular complexity index is 804. The van der Waals surface area contributed by atoms with Crippen molar-refractivity contribution in [2.45, 2.75) is 0 Å². The van der Waals surface area contributed by atoms with Crippen LogP contribution in [0.4, 0.5) is 0 Å². The summed E-state index contributed by atoms with van der Waals surface area (Å²) in [5.74, 6) is 0.889. The summed E-state index contributed by atoms with van der Waals surface area (Å²) < 4.78 is 15.9. The molecule has 1 saturated heterocycles. The average Bonchev–Trinajstić information content (AvgIpc) is 2.77. The molecular weight excluding hydrogens is 362 g/mol. The Kier molecular flexibility index (Phi) is 6.80. The van der Waals surface area contributed by atoms with Crippen LogP contribution >= 0.6 is 0 Å². The normalized spacial score (nSPS) is 13.7. The lowest BCUT2D eigenvalue weighted by molar-refractivity contribution is 0.0299. The third-order valence-electron chi connectivity index (χ3n) is 4.21. The highest BCUT2D eigenvalue weighted by Crippen LogP contribution is 2.16. The van der Waals surface area contributed by atoms with E-state index in [-0.39, 0.29) is 23.2 Å². The fraction of sp³-hybridized carbons (Fsp3) is 0.350. The van der Waals surface area contributed by atoms with Gasteiger partial charge in [0, 0.05) is 13.1 Å². The average molecular weight is 385 g/mol. The number of aromatic nitrogens is 1. The fourth-order valence-corrected chi connectivity index (χ4v) is 2.70. The third kappa shape index (κ3) is 5.20.